The first-order valence-electron chi connectivity index (χ1n) is 16.3. The molecule has 0 fully saturated rings. The van der Waals surface area contributed by atoms with Gasteiger partial charge in [-0.15, -0.1) is 0 Å². The Hall–Kier alpha value is -5.60. The summed E-state index contributed by atoms with van der Waals surface area (Å²) in [5, 5.41) is 6.28. The van der Waals surface area contributed by atoms with Crippen LogP contribution < -0.4 is 10.6 Å². The van der Waals surface area contributed by atoms with Crippen LogP contribution in [0.15, 0.2) is 146 Å². The Balaban J connectivity index is 0.00000166. The standard InChI is InChI=1S/C42H32N2.C2H6/c1-3-35-37-27-31(22-24-41(37)43(39(35)4-2)33-17-9-6-10-18-33)32-23-25-42-38(28-32)36-20-11-12-21-40(36)44(42)34-19-13-16-30(26-34)29-14-7-5-8-15-29;1-2/h3-28H,1-2H3;1-2H3/b35-3-,39-4+;. The molecule has 6 aromatic carbocycles. The van der Waals surface area contributed by atoms with Crippen LogP contribution in [0.5, 0.6) is 0 Å². The van der Waals surface area contributed by atoms with E-state index < -0.39 is 0 Å². The Morgan fingerprint density at radius 1 is 0.391 bits per heavy atom. The van der Waals surface area contributed by atoms with E-state index in [0.29, 0.717) is 0 Å². The average Bonchev–Trinajstić information content (AvgIpc) is 3.64. The number of hydrogen-bond donors (Lipinski definition) is 0. The minimum Gasteiger partial charge on any atom is -0.310 e. The third kappa shape index (κ3) is 4.83. The summed E-state index contributed by atoms with van der Waals surface area (Å²) >= 11 is 0. The molecule has 0 radical (unpaired) electrons. The molecule has 0 saturated carbocycles. The van der Waals surface area contributed by atoms with Crippen molar-refractivity contribution in [1.82, 2.24) is 9.13 Å². The van der Waals surface area contributed by atoms with Gasteiger partial charge in [0.05, 0.1) is 16.6 Å². The van der Waals surface area contributed by atoms with Crippen LogP contribution in [0, 0.1) is 0 Å². The molecule has 0 atom stereocenters. The third-order valence-corrected chi connectivity index (χ3v) is 8.84. The van der Waals surface area contributed by atoms with Crippen LogP contribution in [0.25, 0.3) is 78.5 Å². The molecule has 8 aromatic rings. The van der Waals surface area contributed by atoms with E-state index in [9.17, 15) is 0 Å². The zero-order chi connectivity index (χ0) is 31.6. The molecule has 8 rings (SSSR count). The minimum absolute atomic E-state index is 1.17. The van der Waals surface area contributed by atoms with Gasteiger partial charge in [-0.3, -0.25) is 0 Å². The first kappa shape index (κ1) is 29.1. The molecule has 0 unspecified atom stereocenters. The van der Waals surface area contributed by atoms with E-state index in [2.05, 4.69) is 181 Å². The SMILES string of the molecule is C/C=c1\c(=C/C)n(-c2ccccc2)c2ccc(-c3ccc4c(c3)c3ccccc3n4-c3cccc(-c4ccccc4)c3)cc12.CC. The van der Waals surface area contributed by atoms with Crippen molar-refractivity contribution in [3.8, 4) is 33.6 Å². The fourth-order valence-electron chi connectivity index (χ4n) is 6.84. The van der Waals surface area contributed by atoms with Crippen LogP contribution in [0.2, 0.25) is 0 Å². The smallest absolute Gasteiger partial charge is 0.0541 e. The maximum absolute atomic E-state index is 2.40. The van der Waals surface area contributed by atoms with Gasteiger partial charge in [0.2, 0.25) is 0 Å². The summed E-state index contributed by atoms with van der Waals surface area (Å²) in [4.78, 5) is 0. The van der Waals surface area contributed by atoms with Crippen LogP contribution in [0.4, 0.5) is 0 Å². The summed E-state index contributed by atoms with van der Waals surface area (Å²) in [7, 11) is 0. The van der Waals surface area contributed by atoms with Crippen LogP contribution in [0.1, 0.15) is 27.7 Å². The van der Waals surface area contributed by atoms with Gasteiger partial charge in [-0.05, 0) is 90.7 Å². The molecule has 46 heavy (non-hydrogen) atoms. The van der Waals surface area contributed by atoms with Crippen molar-refractivity contribution >= 4 is 44.9 Å². The predicted octanol–water partition coefficient (Wildman–Crippen LogP) is 10.7. The normalized spacial score (nSPS) is 12.2. The molecule has 0 amide bonds. The van der Waals surface area contributed by atoms with Gasteiger partial charge in [0.25, 0.3) is 0 Å². The lowest BCUT2D eigenvalue weighted by atomic mass is 10.0. The molecular formula is C44H38N2. The molecule has 2 heterocycles. The monoisotopic (exact) mass is 594 g/mol. The van der Waals surface area contributed by atoms with E-state index in [1.165, 1.54) is 76.9 Å². The topological polar surface area (TPSA) is 9.86 Å². The van der Waals surface area contributed by atoms with E-state index in [1.54, 1.807) is 0 Å². The number of nitrogens with zero attached hydrogens (tertiary/aromatic N) is 2. The van der Waals surface area contributed by atoms with Gasteiger partial charge in [0.15, 0.2) is 0 Å². The van der Waals surface area contributed by atoms with E-state index >= 15 is 0 Å². The molecule has 0 aliphatic heterocycles. The summed E-state index contributed by atoms with van der Waals surface area (Å²) in [6.45, 7) is 8.26. The molecule has 0 aliphatic carbocycles. The maximum Gasteiger partial charge on any atom is 0.0541 e. The molecule has 0 bridgehead atoms. The Morgan fingerprint density at radius 3 is 1.63 bits per heavy atom. The van der Waals surface area contributed by atoms with Gasteiger partial charge in [-0.1, -0.05) is 117 Å². The highest BCUT2D eigenvalue weighted by Crippen LogP contribution is 2.36. The first-order valence-corrected chi connectivity index (χ1v) is 16.3. The van der Waals surface area contributed by atoms with Crippen LogP contribution in [0.3, 0.4) is 0 Å². The van der Waals surface area contributed by atoms with Crippen LogP contribution in [-0.4, -0.2) is 9.13 Å². The number of aromatic nitrogens is 2. The molecule has 0 N–H and O–H groups in total. The Labute approximate surface area is 270 Å². The van der Waals surface area contributed by atoms with Crippen molar-refractivity contribution in [2.75, 3.05) is 0 Å². The quantitative estimate of drug-likeness (QED) is 0.192. The summed E-state index contributed by atoms with van der Waals surface area (Å²) in [6, 6.07) is 52.7. The number of fused-ring (bicyclic) bond motifs is 4. The number of hydrogen-bond acceptors (Lipinski definition) is 0. The highest BCUT2D eigenvalue weighted by atomic mass is 15.0. The molecule has 0 aliphatic rings. The molecule has 2 nitrogen and oxygen atoms in total. The third-order valence-electron chi connectivity index (χ3n) is 8.84. The van der Waals surface area contributed by atoms with E-state index in [1.807, 2.05) is 13.8 Å². The van der Waals surface area contributed by atoms with Gasteiger partial charge >= 0.3 is 0 Å². The van der Waals surface area contributed by atoms with Crippen LogP contribution in [-0.2, 0) is 0 Å². The molecule has 224 valence electrons. The van der Waals surface area contributed by atoms with E-state index in [4.69, 9.17) is 0 Å². The first-order chi connectivity index (χ1) is 22.7. The largest absolute Gasteiger partial charge is 0.310 e. The minimum atomic E-state index is 1.17. The van der Waals surface area contributed by atoms with E-state index in [0.717, 1.165) is 0 Å². The second-order valence-corrected chi connectivity index (χ2v) is 11.3. The lowest BCUT2D eigenvalue weighted by Gasteiger charge is -2.11. The number of benzene rings is 6. The summed E-state index contributed by atoms with van der Waals surface area (Å²) in [5.74, 6) is 0. The second kappa shape index (κ2) is 12.4. The highest BCUT2D eigenvalue weighted by Gasteiger charge is 2.15. The fraction of sp³-hybridized carbons (Fsp3) is 0.0909. The van der Waals surface area contributed by atoms with Gasteiger partial charge in [0.1, 0.15) is 0 Å². The summed E-state index contributed by atoms with van der Waals surface area (Å²) in [6.07, 6.45) is 4.46. The Morgan fingerprint density at radius 2 is 0.935 bits per heavy atom. The molecular weight excluding hydrogens is 556 g/mol. The van der Waals surface area contributed by atoms with Gasteiger partial charge < -0.3 is 9.13 Å². The molecule has 0 saturated heterocycles. The highest BCUT2D eigenvalue weighted by molar-refractivity contribution is 6.10. The zero-order valence-electron chi connectivity index (χ0n) is 26.9. The van der Waals surface area contributed by atoms with Crippen molar-refractivity contribution in [2.45, 2.75) is 27.7 Å². The zero-order valence-corrected chi connectivity index (χ0v) is 26.9. The van der Waals surface area contributed by atoms with Crippen molar-refractivity contribution in [1.29, 1.82) is 0 Å². The lowest BCUT2D eigenvalue weighted by Crippen LogP contribution is -2.27. The summed E-state index contributed by atoms with van der Waals surface area (Å²) < 4.78 is 4.77. The summed E-state index contributed by atoms with van der Waals surface area (Å²) in [5.41, 5.74) is 10.9. The molecule has 0 spiro atoms. The van der Waals surface area contributed by atoms with Crippen molar-refractivity contribution in [2.24, 2.45) is 0 Å². The average molecular weight is 595 g/mol. The lowest BCUT2D eigenvalue weighted by molar-refractivity contribution is 1.07. The number of para-hydroxylation sites is 2. The fourth-order valence-corrected chi connectivity index (χ4v) is 6.84. The Kier molecular flexibility index (Phi) is 7.86. The number of rotatable bonds is 4. The Bertz CT molecular complexity index is 2440. The molecule has 2 heteroatoms. The van der Waals surface area contributed by atoms with Gasteiger partial charge in [-0.25, -0.2) is 0 Å². The predicted molar refractivity (Wildman–Crippen MR) is 199 cm³/mol. The van der Waals surface area contributed by atoms with Gasteiger partial charge in [-0.2, -0.15) is 0 Å². The van der Waals surface area contributed by atoms with Gasteiger partial charge in [0, 0.05) is 38.1 Å². The van der Waals surface area contributed by atoms with Crippen molar-refractivity contribution < 1.29 is 0 Å². The van der Waals surface area contributed by atoms with Crippen molar-refractivity contribution in [3.63, 3.8) is 0 Å². The van der Waals surface area contributed by atoms with Crippen LogP contribution >= 0.6 is 0 Å². The second-order valence-electron chi connectivity index (χ2n) is 11.3. The van der Waals surface area contributed by atoms with E-state index in [-0.39, 0.29) is 0 Å². The van der Waals surface area contributed by atoms with Crippen molar-refractivity contribution in [3.05, 3.63) is 156 Å². The maximum atomic E-state index is 2.40. The molecule has 2 aromatic heterocycles.